The zero-order chi connectivity index (χ0) is 48.3. The van der Waals surface area contributed by atoms with E-state index in [9.17, 15) is 0 Å². The lowest BCUT2D eigenvalue weighted by Gasteiger charge is -2.27. The predicted octanol–water partition coefficient (Wildman–Crippen LogP) is 18.8. The second kappa shape index (κ2) is 21.5. The molecule has 0 bridgehead atoms. The van der Waals surface area contributed by atoms with Gasteiger partial charge in [0.05, 0.1) is 0 Å². The Morgan fingerprint density at radius 3 is 0.639 bits per heavy atom. The maximum Gasteiger partial charge on any atom is 0.0462 e. The van der Waals surface area contributed by atoms with Crippen LogP contribution >= 0.6 is 0 Å². The molecule has 0 spiro atoms. The van der Waals surface area contributed by atoms with E-state index < -0.39 is 0 Å². The van der Waals surface area contributed by atoms with Gasteiger partial charge in [0.1, 0.15) is 0 Å². The summed E-state index contributed by atoms with van der Waals surface area (Å²) < 4.78 is 0. The van der Waals surface area contributed by atoms with Gasteiger partial charge in [0.2, 0.25) is 0 Å². The van der Waals surface area contributed by atoms with Crippen LogP contribution in [0.15, 0.2) is 303 Å². The van der Waals surface area contributed by atoms with E-state index in [-0.39, 0.29) is 0 Å². The monoisotopic (exact) mass is 926 g/mol. The van der Waals surface area contributed by atoms with Crippen molar-refractivity contribution in [3.05, 3.63) is 309 Å². The number of para-hydroxylation sites is 6. The first-order valence-electron chi connectivity index (χ1n) is 24.7. The minimum Gasteiger partial charge on any atom is -0.341 e. The molecule has 346 valence electrons. The maximum atomic E-state index is 2.42. The molecule has 4 nitrogen and oxygen atoms in total. The predicted molar refractivity (Wildman–Crippen MR) is 305 cm³/mol. The van der Waals surface area contributed by atoms with Gasteiger partial charge < -0.3 is 19.6 Å². The lowest BCUT2D eigenvalue weighted by molar-refractivity contribution is 0.914. The van der Waals surface area contributed by atoms with Crippen LogP contribution in [0.1, 0.15) is 5.56 Å². The van der Waals surface area contributed by atoms with Crippen molar-refractivity contribution in [2.75, 3.05) is 26.1 Å². The zero-order valence-electron chi connectivity index (χ0n) is 40.1. The maximum absolute atomic E-state index is 2.42. The summed E-state index contributed by atoms with van der Waals surface area (Å²) in [6.07, 6.45) is 0.880. The van der Waals surface area contributed by atoms with Crippen molar-refractivity contribution in [2.24, 2.45) is 0 Å². The van der Waals surface area contributed by atoms with E-state index in [4.69, 9.17) is 0 Å². The number of rotatable bonds is 16. The Morgan fingerprint density at radius 2 is 0.375 bits per heavy atom. The van der Waals surface area contributed by atoms with Gasteiger partial charge in [0.15, 0.2) is 0 Å². The molecule has 0 aliphatic carbocycles. The normalized spacial score (nSPS) is 10.9. The van der Waals surface area contributed by atoms with Crippen molar-refractivity contribution in [2.45, 2.75) is 6.42 Å². The molecule has 11 rings (SSSR count). The van der Waals surface area contributed by atoms with Gasteiger partial charge >= 0.3 is 0 Å². The van der Waals surface area contributed by atoms with E-state index in [0.717, 1.165) is 69.8 Å². The van der Waals surface area contributed by atoms with Crippen molar-refractivity contribution < 1.29 is 0 Å². The molecule has 0 saturated carbocycles. The summed E-state index contributed by atoms with van der Waals surface area (Å²) >= 11 is 0. The Bertz CT molecular complexity index is 3310. The molecule has 11 aromatic rings. The lowest BCUT2D eigenvalue weighted by atomic mass is 10.0. The molecular weight excluding hydrogens is 873 g/mol. The Hall–Kier alpha value is -9.38. The summed E-state index contributed by atoms with van der Waals surface area (Å²) in [7, 11) is 0. The van der Waals surface area contributed by atoms with Crippen LogP contribution in [-0.2, 0) is 6.42 Å². The SMILES string of the molecule is c1ccc(N(CCc2ccc(N(c3ccccc3)c3ccc(-c4ccc(N(c5ccccc5)c5ccccc5)cc4)cc3)cc2)c2ccc(-c3ccc(N(c4ccccc4)c4ccccc4)cc3)cc2)cc1. The highest BCUT2D eigenvalue weighted by molar-refractivity contribution is 5.82. The van der Waals surface area contributed by atoms with Gasteiger partial charge in [-0.3, -0.25) is 0 Å². The third-order valence-electron chi connectivity index (χ3n) is 13.2. The molecule has 0 N–H and O–H groups in total. The zero-order valence-corrected chi connectivity index (χ0v) is 40.1. The van der Waals surface area contributed by atoms with E-state index in [1.807, 2.05) is 0 Å². The van der Waals surface area contributed by atoms with Crippen LogP contribution in [0.25, 0.3) is 22.3 Å². The van der Waals surface area contributed by atoms with Crippen molar-refractivity contribution in [1.29, 1.82) is 0 Å². The van der Waals surface area contributed by atoms with Crippen LogP contribution in [-0.4, -0.2) is 6.54 Å². The summed E-state index contributed by atoms with van der Waals surface area (Å²) in [4.78, 5) is 9.35. The summed E-state index contributed by atoms with van der Waals surface area (Å²) in [5.74, 6) is 0. The van der Waals surface area contributed by atoms with Gasteiger partial charge in [-0.2, -0.15) is 0 Å². The topological polar surface area (TPSA) is 13.0 Å². The first kappa shape index (κ1) is 45.1. The first-order valence-corrected chi connectivity index (χ1v) is 24.7. The molecular formula is C68H54N4. The van der Waals surface area contributed by atoms with Crippen molar-refractivity contribution in [3.8, 4) is 22.3 Å². The average molecular weight is 927 g/mol. The number of anilines is 11. The molecule has 0 unspecified atom stereocenters. The van der Waals surface area contributed by atoms with E-state index in [0.29, 0.717) is 0 Å². The highest BCUT2D eigenvalue weighted by atomic mass is 15.2. The highest BCUT2D eigenvalue weighted by Crippen LogP contribution is 2.40. The highest BCUT2D eigenvalue weighted by Gasteiger charge is 2.17. The molecule has 0 radical (unpaired) electrons. The summed E-state index contributed by atoms with van der Waals surface area (Å²) in [6, 6.07) is 108. The van der Waals surface area contributed by atoms with Gasteiger partial charge in [-0.15, -0.1) is 0 Å². The second-order valence-electron chi connectivity index (χ2n) is 17.8. The Labute approximate surface area is 424 Å². The largest absolute Gasteiger partial charge is 0.341 e. The molecule has 4 heteroatoms. The van der Waals surface area contributed by atoms with Crippen molar-refractivity contribution >= 4 is 62.6 Å². The molecule has 0 fully saturated rings. The molecule has 0 atom stereocenters. The lowest BCUT2D eigenvalue weighted by Crippen LogP contribution is -2.20. The Balaban J connectivity index is 0.798. The molecule has 0 heterocycles. The van der Waals surface area contributed by atoms with E-state index in [1.54, 1.807) is 0 Å². The molecule has 0 saturated heterocycles. The first-order chi connectivity index (χ1) is 35.7. The minimum absolute atomic E-state index is 0.827. The smallest absolute Gasteiger partial charge is 0.0462 e. The fourth-order valence-electron chi connectivity index (χ4n) is 9.54. The third-order valence-corrected chi connectivity index (χ3v) is 13.2. The van der Waals surface area contributed by atoms with Gasteiger partial charge in [0, 0.05) is 69.1 Å². The van der Waals surface area contributed by atoms with Crippen LogP contribution in [0.2, 0.25) is 0 Å². The van der Waals surface area contributed by atoms with Crippen LogP contribution in [0.4, 0.5) is 62.6 Å². The van der Waals surface area contributed by atoms with Crippen LogP contribution in [0.3, 0.4) is 0 Å². The molecule has 0 aromatic heterocycles. The fraction of sp³-hybridized carbons (Fsp3) is 0.0294. The third kappa shape index (κ3) is 10.2. The molecule has 0 aliphatic heterocycles. The molecule has 11 aromatic carbocycles. The number of hydrogen-bond acceptors (Lipinski definition) is 4. The average Bonchev–Trinajstić information content (AvgIpc) is 3.46. The van der Waals surface area contributed by atoms with Crippen LogP contribution in [0.5, 0.6) is 0 Å². The number of hydrogen-bond donors (Lipinski definition) is 0. The molecule has 0 amide bonds. The van der Waals surface area contributed by atoms with E-state index in [2.05, 4.69) is 323 Å². The fourth-order valence-corrected chi connectivity index (χ4v) is 9.54. The van der Waals surface area contributed by atoms with Gasteiger partial charge in [0.25, 0.3) is 0 Å². The van der Waals surface area contributed by atoms with Crippen molar-refractivity contribution in [1.82, 2.24) is 0 Å². The second-order valence-corrected chi connectivity index (χ2v) is 17.8. The van der Waals surface area contributed by atoms with Gasteiger partial charge in [-0.1, -0.05) is 170 Å². The van der Waals surface area contributed by atoms with Crippen LogP contribution in [0, 0.1) is 0 Å². The van der Waals surface area contributed by atoms with E-state index in [1.165, 1.54) is 33.5 Å². The summed E-state index contributed by atoms with van der Waals surface area (Å²) in [5, 5.41) is 0. The standard InChI is InChI=1S/C68H54N4/c1-7-19-58(20-8-1)69(59-43-33-54(34-44-59)55-35-45-66(46-36-55)70(60-21-9-2-10-22-60)61-23-11-3-12-24-61)52-51-53-31-41-65(42-32-53)72(64-29-17-6-18-30-64)68-49-39-57(40-50-68)56-37-47-67(48-38-56)71(62-25-13-4-14-26-62)63-27-15-5-16-28-63/h1-50H,51-52H2. The Kier molecular flexibility index (Phi) is 13.5. The van der Waals surface area contributed by atoms with Crippen molar-refractivity contribution in [3.63, 3.8) is 0 Å². The Morgan fingerprint density at radius 1 is 0.181 bits per heavy atom. The minimum atomic E-state index is 0.827. The summed E-state index contributed by atoms with van der Waals surface area (Å²) in [6.45, 7) is 0.827. The molecule has 72 heavy (non-hydrogen) atoms. The number of benzene rings is 11. The van der Waals surface area contributed by atoms with Gasteiger partial charge in [-0.25, -0.2) is 0 Å². The van der Waals surface area contributed by atoms with Gasteiger partial charge in [-0.05, 0) is 168 Å². The quantitative estimate of drug-likeness (QED) is 0.0957. The van der Waals surface area contributed by atoms with Crippen LogP contribution < -0.4 is 19.6 Å². The van der Waals surface area contributed by atoms with E-state index >= 15 is 0 Å². The molecule has 0 aliphatic rings. The summed E-state index contributed by atoms with van der Waals surface area (Å²) in [5.41, 5.74) is 18.4. The number of nitrogens with zero attached hydrogens (tertiary/aromatic N) is 4.